The van der Waals surface area contributed by atoms with Crippen molar-refractivity contribution in [3.8, 4) is 5.75 Å². The lowest BCUT2D eigenvalue weighted by atomic mass is 10.2. The summed E-state index contributed by atoms with van der Waals surface area (Å²) in [5.41, 5.74) is 0.448. The van der Waals surface area contributed by atoms with Crippen LogP contribution in [-0.4, -0.2) is 44.4 Å². The van der Waals surface area contributed by atoms with Gasteiger partial charge in [-0.15, -0.1) is 10.2 Å². The van der Waals surface area contributed by atoms with E-state index < -0.39 is 16.9 Å². The van der Waals surface area contributed by atoms with Crippen molar-refractivity contribution >= 4 is 46.6 Å². The summed E-state index contributed by atoms with van der Waals surface area (Å²) in [5, 5.41) is 25.5. The monoisotopic (exact) mass is 518 g/mol. The molecule has 2 aromatic carbocycles. The molecule has 1 heterocycles. The summed E-state index contributed by atoms with van der Waals surface area (Å²) in [4.78, 5) is 35.4. The van der Waals surface area contributed by atoms with Crippen molar-refractivity contribution in [1.82, 2.24) is 20.1 Å². The minimum atomic E-state index is -0.569. The number of ether oxygens (including phenoxy) is 1. The number of amides is 2. The second kappa shape index (κ2) is 11.7. The van der Waals surface area contributed by atoms with Crippen LogP contribution in [0.15, 0.2) is 47.6 Å². The molecule has 0 aliphatic carbocycles. The number of halogens is 1. The third-order valence-corrected chi connectivity index (χ3v) is 6.21. The molecule has 35 heavy (non-hydrogen) atoms. The molecule has 2 N–H and O–H groups in total. The third-order valence-electron chi connectivity index (χ3n) is 4.92. The number of thioether (sulfide) groups is 1. The zero-order valence-electron chi connectivity index (χ0n) is 19.1. The van der Waals surface area contributed by atoms with E-state index in [-0.39, 0.29) is 28.1 Å². The van der Waals surface area contributed by atoms with Crippen LogP contribution in [0.1, 0.15) is 36.1 Å². The molecule has 3 aromatic rings. The van der Waals surface area contributed by atoms with Crippen LogP contribution in [-0.2, 0) is 11.3 Å². The van der Waals surface area contributed by atoms with Gasteiger partial charge in [-0.25, -0.2) is 0 Å². The molecule has 3 rings (SSSR count). The van der Waals surface area contributed by atoms with Crippen molar-refractivity contribution in [2.24, 2.45) is 0 Å². The highest BCUT2D eigenvalue weighted by Crippen LogP contribution is 2.27. The maximum absolute atomic E-state index is 12.6. The maximum Gasteiger partial charge on any atom is 0.271 e. The summed E-state index contributed by atoms with van der Waals surface area (Å²) >= 11 is 7.18. The minimum Gasteiger partial charge on any atom is -0.497 e. The fourth-order valence-corrected chi connectivity index (χ4v) is 4.12. The molecule has 11 nitrogen and oxygen atoms in total. The van der Waals surface area contributed by atoms with Crippen LogP contribution < -0.4 is 15.4 Å². The predicted octanol–water partition coefficient (Wildman–Crippen LogP) is 4.09. The number of non-ortho nitro benzene ring substituents is 1. The molecule has 0 aliphatic heterocycles. The number of rotatable bonds is 10. The highest BCUT2D eigenvalue weighted by molar-refractivity contribution is 7.99. The molecular formula is C22H23ClN6O5S. The van der Waals surface area contributed by atoms with Gasteiger partial charge in [0.25, 0.3) is 11.6 Å². The third kappa shape index (κ3) is 6.49. The standard InChI is InChI=1S/C22H23ClN6O5S/c1-4-28-20(13(2)24-21(31)14-5-8-16(34-3)9-6-14)26-27-22(28)35-12-19(30)25-18-11-15(29(32)33)7-10-17(18)23/h5-11,13H,4,12H2,1-3H3,(H,24,31)(H,25,30)/t13-/m1/s1. The first-order valence-electron chi connectivity index (χ1n) is 10.5. The predicted molar refractivity (Wildman–Crippen MR) is 132 cm³/mol. The fraction of sp³-hybridized carbons (Fsp3) is 0.273. The van der Waals surface area contributed by atoms with Gasteiger partial charge in [-0.2, -0.15) is 0 Å². The molecule has 1 aromatic heterocycles. The van der Waals surface area contributed by atoms with E-state index in [0.29, 0.717) is 28.8 Å². The van der Waals surface area contributed by atoms with Crippen LogP contribution in [0.2, 0.25) is 5.02 Å². The molecule has 13 heteroatoms. The molecular weight excluding hydrogens is 496 g/mol. The molecule has 0 aliphatic rings. The summed E-state index contributed by atoms with van der Waals surface area (Å²) in [6, 6.07) is 10.1. The van der Waals surface area contributed by atoms with Gasteiger partial charge in [0.1, 0.15) is 5.75 Å². The Hall–Kier alpha value is -3.64. The zero-order valence-corrected chi connectivity index (χ0v) is 20.7. The van der Waals surface area contributed by atoms with Crippen molar-refractivity contribution in [2.45, 2.75) is 31.6 Å². The lowest BCUT2D eigenvalue weighted by Crippen LogP contribution is -2.28. The Morgan fingerprint density at radius 2 is 1.94 bits per heavy atom. The van der Waals surface area contributed by atoms with Crippen LogP contribution in [0.25, 0.3) is 0 Å². The maximum atomic E-state index is 12.6. The summed E-state index contributed by atoms with van der Waals surface area (Å²) < 4.78 is 6.91. The molecule has 0 unspecified atom stereocenters. The number of hydrogen-bond acceptors (Lipinski definition) is 8. The number of aromatic nitrogens is 3. The lowest BCUT2D eigenvalue weighted by Gasteiger charge is -2.15. The Balaban J connectivity index is 1.63. The fourth-order valence-electron chi connectivity index (χ4n) is 3.15. The quantitative estimate of drug-likeness (QED) is 0.232. The molecule has 0 saturated carbocycles. The topological polar surface area (TPSA) is 141 Å². The van der Waals surface area contributed by atoms with E-state index in [4.69, 9.17) is 16.3 Å². The number of anilines is 1. The normalized spacial score (nSPS) is 11.5. The van der Waals surface area contributed by atoms with Gasteiger partial charge < -0.3 is 19.9 Å². The molecule has 184 valence electrons. The van der Waals surface area contributed by atoms with Crippen molar-refractivity contribution in [3.63, 3.8) is 0 Å². The number of nitro benzene ring substituents is 1. The average molecular weight is 519 g/mol. The molecule has 0 spiro atoms. The smallest absolute Gasteiger partial charge is 0.271 e. The van der Waals surface area contributed by atoms with E-state index in [2.05, 4.69) is 20.8 Å². The number of nitrogens with one attached hydrogen (secondary N) is 2. The van der Waals surface area contributed by atoms with Crippen molar-refractivity contribution in [1.29, 1.82) is 0 Å². The van der Waals surface area contributed by atoms with E-state index in [0.717, 1.165) is 11.8 Å². The van der Waals surface area contributed by atoms with Gasteiger partial charge in [-0.05, 0) is 44.2 Å². The van der Waals surface area contributed by atoms with E-state index in [1.807, 2.05) is 6.92 Å². The van der Waals surface area contributed by atoms with E-state index in [9.17, 15) is 19.7 Å². The van der Waals surface area contributed by atoms with Gasteiger partial charge >= 0.3 is 0 Å². The Labute approximate surface area is 210 Å². The molecule has 0 radical (unpaired) electrons. The summed E-state index contributed by atoms with van der Waals surface area (Å²) in [6.45, 7) is 4.21. The van der Waals surface area contributed by atoms with Crippen LogP contribution in [0.4, 0.5) is 11.4 Å². The number of nitro groups is 1. The molecule has 1 atom stereocenters. The summed E-state index contributed by atoms with van der Waals surface area (Å²) in [6.07, 6.45) is 0. The van der Waals surface area contributed by atoms with Crippen molar-refractivity contribution in [2.75, 3.05) is 18.2 Å². The van der Waals surface area contributed by atoms with E-state index >= 15 is 0 Å². The van der Waals surface area contributed by atoms with Gasteiger partial charge in [-0.3, -0.25) is 19.7 Å². The largest absolute Gasteiger partial charge is 0.497 e. The zero-order chi connectivity index (χ0) is 25.5. The van der Waals surface area contributed by atoms with E-state index in [1.165, 1.54) is 18.2 Å². The van der Waals surface area contributed by atoms with Gasteiger partial charge in [-0.1, -0.05) is 23.4 Å². The molecule has 0 bridgehead atoms. The Bertz CT molecular complexity index is 1230. The molecule has 0 fully saturated rings. The van der Waals surface area contributed by atoms with Crippen LogP contribution in [0, 0.1) is 10.1 Å². The van der Waals surface area contributed by atoms with Gasteiger partial charge in [0.2, 0.25) is 5.91 Å². The number of hydrogen-bond donors (Lipinski definition) is 2. The van der Waals surface area contributed by atoms with Gasteiger partial charge in [0, 0.05) is 24.2 Å². The minimum absolute atomic E-state index is 0.0241. The highest BCUT2D eigenvalue weighted by atomic mass is 35.5. The number of methoxy groups -OCH3 is 1. The van der Waals surface area contributed by atoms with Crippen LogP contribution >= 0.6 is 23.4 Å². The number of carbonyl (C=O) groups excluding carboxylic acids is 2. The van der Waals surface area contributed by atoms with Crippen LogP contribution in [0.3, 0.4) is 0 Å². The SMILES string of the molecule is CCn1c(SCC(=O)Nc2cc([N+](=O)[O-])ccc2Cl)nnc1[C@@H](C)NC(=O)c1ccc(OC)cc1. The second-order valence-corrected chi connectivity index (χ2v) is 8.62. The lowest BCUT2D eigenvalue weighted by molar-refractivity contribution is -0.384. The first-order chi connectivity index (χ1) is 16.7. The van der Waals surface area contributed by atoms with Crippen molar-refractivity contribution < 1.29 is 19.2 Å². The van der Waals surface area contributed by atoms with Gasteiger partial charge in [0.15, 0.2) is 11.0 Å². The Morgan fingerprint density at radius 1 is 1.23 bits per heavy atom. The number of nitrogens with zero attached hydrogens (tertiary/aromatic N) is 4. The first kappa shape index (κ1) is 26.0. The number of benzene rings is 2. The van der Waals surface area contributed by atoms with Gasteiger partial charge in [0.05, 0.1) is 34.5 Å². The second-order valence-electron chi connectivity index (χ2n) is 7.27. The van der Waals surface area contributed by atoms with Crippen molar-refractivity contribution in [3.05, 3.63) is 69.0 Å². The first-order valence-corrected chi connectivity index (χ1v) is 11.8. The number of carbonyl (C=O) groups is 2. The Morgan fingerprint density at radius 3 is 2.57 bits per heavy atom. The summed E-state index contributed by atoms with van der Waals surface area (Å²) in [7, 11) is 1.55. The molecule has 0 saturated heterocycles. The van der Waals surface area contributed by atoms with E-state index in [1.54, 1.807) is 42.9 Å². The highest BCUT2D eigenvalue weighted by Gasteiger charge is 2.21. The molecule has 2 amide bonds. The summed E-state index contributed by atoms with van der Waals surface area (Å²) in [5.74, 6) is 0.487. The average Bonchev–Trinajstić information content (AvgIpc) is 3.27. The van der Waals surface area contributed by atoms with Crippen LogP contribution in [0.5, 0.6) is 5.75 Å². The Kier molecular flexibility index (Phi) is 8.66.